The van der Waals surface area contributed by atoms with Crippen LogP contribution < -0.4 is 16.0 Å². The van der Waals surface area contributed by atoms with Gasteiger partial charge in [0.15, 0.2) is 5.11 Å². The standard InChI is InChI=1S/C15H24N6OS/c1-10-9-11(2)18-14(17-10)20-13(16-7-4-8-22-3)21-15(23)19-12-5-6-12/h9,12H,4-8H2,1-3H3,(H3,16,17,18,19,20,21,23). The van der Waals surface area contributed by atoms with E-state index in [1.165, 1.54) is 0 Å². The molecule has 0 amide bonds. The number of hydrogen-bond donors (Lipinski definition) is 3. The van der Waals surface area contributed by atoms with Gasteiger partial charge in [-0.1, -0.05) is 0 Å². The smallest absolute Gasteiger partial charge is 0.229 e. The molecule has 1 aliphatic rings. The van der Waals surface area contributed by atoms with Crippen molar-refractivity contribution in [1.82, 2.24) is 20.6 Å². The van der Waals surface area contributed by atoms with Crippen LogP contribution in [0.2, 0.25) is 0 Å². The quantitative estimate of drug-likeness (QED) is 0.314. The molecule has 0 bridgehead atoms. The van der Waals surface area contributed by atoms with Gasteiger partial charge in [-0.05, 0) is 51.4 Å². The molecule has 1 aliphatic carbocycles. The minimum Gasteiger partial charge on any atom is -0.385 e. The number of nitrogens with zero attached hydrogens (tertiary/aromatic N) is 3. The van der Waals surface area contributed by atoms with Gasteiger partial charge in [-0.25, -0.2) is 9.97 Å². The first kappa shape index (κ1) is 17.6. The lowest BCUT2D eigenvalue weighted by molar-refractivity contribution is 0.197. The number of aliphatic imine (C=N–C) groups is 1. The Bertz CT molecular complexity index is 553. The minimum absolute atomic E-state index is 0.488. The van der Waals surface area contributed by atoms with E-state index in [2.05, 4.69) is 30.9 Å². The molecule has 1 aromatic rings. The van der Waals surface area contributed by atoms with E-state index in [4.69, 9.17) is 17.0 Å². The summed E-state index contributed by atoms with van der Waals surface area (Å²) in [6.45, 7) is 5.16. The number of aryl methyl sites for hydroxylation is 2. The highest BCUT2D eigenvalue weighted by molar-refractivity contribution is 7.80. The normalized spacial score (nSPS) is 14.5. The first-order valence-electron chi connectivity index (χ1n) is 7.77. The molecular weight excluding hydrogens is 312 g/mol. The maximum atomic E-state index is 5.31. The number of ether oxygens (including phenoxy) is 1. The molecule has 2 rings (SSSR count). The van der Waals surface area contributed by atoms with Crippen LogP contribution in [0.5, 0.6) is 0 Å². The van der Waals surface area contributed by atoms with E-state index < -0.39 is 0 Å². The third kappa shape index (κ3) is 6.87. The number of hydrogen-bond acceptors (Lipinski definition) is 5. The second-order valence-corrected chi connectivity index (χ2v) is 5.96. The van der Waals surface area contributed by atoms with Crippen LogP contribution in [-0.2, 0) is 4.74 Å². The maximum Gasteiger partial charge on any atom is 0.229 e. The van der Waals surface area contributed by atoms with Crippen molar-refractivity contribution in [3.63, 3.8) is 0 Å². The summed E-state index contributed by atoms with van der Waals surface area (Å²) in [7, 11) is 1.68. The number of aromatic nitrogens is 2. The van der Waals surface area contributed by atoms with E-state index >= 15 is 0 Å². The van der Waals surface area contributed by atoms with E-state index in [9.17, 15) is 0 Å². The zero-order valence-corrected chi connectivity index (χ0v) is 14.7. The van der Waals surface area contributed by atoms with Crippen LogP contribution in [0.4, 0.5) is 5.95 Å². The molecule has 1 aromatic heterocycles. The van der Waals surface area contributed by atoms with Gasteiger partial charge < -0.3 is 15.4 Å². The molecule has 1 fully saturated rings. The molecule has 23 heavy (non-hydrogen) atoms. The van der Waals surface area contributed by atoms with Crippen LogP contribution in [0.1, 0.15) is 30.7 Å². The molecule has 0 spiro atoms. The van der Waals surface area contributed by atoms with Crippen LogP contribution in [0, 0.1) is 13.8 Å². The minimum atomic E-state index is 0.488. The Labute approximate surface area is 142 Å². The number of anilines is 1. The highest BCUT2D eigenvalue weighted by Crippen LogP contribution is 2.18. The van der Waals surface area contributed by atoms with Gasteiger partial charge in [0.2, 0.25) is 11.9 Å². The van der Waals surface area contributed by atoms with Crippen molar-refractivity contribution < 1.29 is 4.74 Å². The Morgan fingerprint density at radius 3 is 2.65 bits per heavy atom. The average Bonchev–Trinajstić information content (AvgIpc) is 3.26. The molecule has 7 nitrogen and oxygen atoms in total. The Morgan fingerprint density at radius 1 is 1.35 bits per heavy atom. The second-order valence-electron chi connectivity index (χ2n) is 5.55. The van der Waals surface area contributed by atoms with Crippen molar-refractivity contribution >= 4 is 29.2 Å². The SMILES string of the molecule is COCCCN=C(NC(=S)NC1CC1)Nc1nc(C)cc(C)n1. The summed E-state index contributed by atoms with van der Waals surface area (Å²) >= 11 is 5.31. The molecule has 0 aliphatic heterocycles. The van der Waals surface area contributed by atoms with Crippen LogP contribution in [0.15, 0.2) is 11.1 Å². The van der Waals surface area contributed by atoms with Gasteiger partial charge in [0.05, 0.1) is 0 Å². The van der Waals surface area contributed by atoms with E-state index in [0.29, 0.717) is 36.2 Å². The molecule has 0 unspecified atom stereocenters. The predicted molar refractivity (Wildman–Crippen MR) is 95.8 cm³/mol. The largest absolute Gasteiger partial charge is 0.385 e. The van der Waals surface area contributed by atoms with Crippen LogP contribution in [0.25, 0.3) is 0 Å². The second kappa shape index (κ2) is 8.73. The summed E-state index contributed by atoms with van der Waals surface area (Å²) in [6, 6.07) is 2.41. The van der Waals surface area contributed by atoms with Gasteiger partial charge in [-0.2, -0.15) is 0 Å². The van der Waals surface area contributed by atoms with E-state index in [1.807, 2.05) is 19.9 Å². The lowest BCUT2D eigenvalue weighted by atomic mass is 10.4. The Kier molecular flexibility index (Phi) is 6.66. The maximum absolute atomic E-state index is 5.31. The van der Waals surface area contributed by atoms with Crippen molar-refractivity contribution in [2.75, 3.05) is 25.6 Å². The highest BCUT2D eigenvalue weighted by atomic mass is 32.1. The molecule has 3 N–H and O–H groups in total. The van der Waals surface area contributed by atoms with Crippen LogP contribution in [0.3, 0.4) is 0 Å². The summed E-state index contributed by atoms with van der Waals surface area (Å²) < 4.78 is 5.04. The summed E-state index contributed by atoms with van der Waals surface area (Å²) in [6.07, 6.45) is 3.16. The van der Waals surface area contributed by atoms with Gasteiger partial charge in [-0.15, -0.1) is 0 Å². The highest BCUT2D eigenvalue weighted by Gasteiger charge is 2.22. The summed E-state index contributed by atoms with van der Waals surface area (Å²) in [5.41, 5.74) is 1.80. The molecule has 8 heteroatoms. The Morgan fingerprint density at radius 2 is 2.04 bits per heavy atom. The fourth-order valence-electron chi connectivity index (χ4n) is 1.95. The third-order valence-electron chi connectivity index (χ3n) is 3.13. The molecule has 0 atom stereocenters. The topological polar surface area (TPSA) is 83.5 Å². The van der Waals surface area contributed by atoms with Gasteiger partial charge in [-0.3, -0.25) is 10.3 Å². The summed E-state index contributed by atoms with van der Waals surface area (Å²) in [5, 5.41) is 9.99. The number of nitrogens with one attached hydrogen (secondary N) is 3. The predicted octanol–water partition coefficient (Wildman–Crippen LogP) is 1.52. The number of guanidine groups is 1. The fourth-order valence-corrected chi connectivity index (χ4v) is 2.22. The molecule has 0 radical (unpaired) electrons. The van der Waals surface area contributed by atoms with Crippen molar-refractivity contribution in [2.24, 2.45) is 4.99 Å². The Hall–Kier alpha value is -1.80. The molecule has 1 saturated carbocycles. The zero-order chi connectivity index (χ0) is 16.7. The lowest BCUT2D eigenvalue weighted by Gasteiger charge is -2.14. The van der Waals surface area contributed by atoms with E-state index in [-0.39, 0.29) is 0 Å². The van der Waals surface area contributed by atoms with E-state index in [1.54, 1.807) is 7.11 Å². The zero-order valence-electron chi connectivity index (χ0n) is 13.8. The molecule has 0 saturated heterocycles. The van der Waals surface area contributed by atoms with Crippen molar-refractivity contribution in [3.8, 4) is 0 Å². The number of thiocarbonyl (C=S) groups is 1. The van der Waals surface area contributed by atoms with Crippen LogP contribution in [-0.4, -0.2) is 47.3 Å². The van der Waals surface area contributed by atoms with E-state index in [0.717, 1.165) is 30.7 Å². The fraction of sp³-hybridized carbons (Fsp3) is 0.600. The van der Waals surface area contributed by atoms with Crippen molar-refractivity contribution in [2.45, 2.75) is 39.2 Å². The summed E-state index contributed by atoms with van der Waals surface area (Å²) in [4.78, 5) is 13.2. The molecular formula is C15H24N6OS. The third-order valence-corrected chi connectivity index (χ3v) is 3.35. The van der Waals surface area contributed by atoms with Gasteiger partial charge >= 0.3 is 0 Å². The number of rotatable bonds is 6. The Balaban J connectivity index is 1.99. The number of methoxy groups -OCH3 is 1. The van der Waals surface area contributed by atoms with Gasteiger partial charge in [0.1, 0.15) is 0 Å². The van der Waals surface area contributed by atoms with Crippen molar-refractivity contribution in [1.29, 1.82) is 0 Å². The lowest BCUT2D eigenvalue weighted by Crippen LogP contribution is -2.43. The average molecular weight is 336 g/mol. The van der Waals surface area contributed by atoms with Crippen molar-refractivity contribution in [3.05, 3.63) is 17.5 Å². The van der Waals surface area contributed by atoms with Gasteiger partial charge in [0.25, 0.3) is 0 Å². The van der Waals surface area contributed by atoms with Gasteiger partial charge in [0, 0.05) is 37.7 Å². The summed E-state index contributed by atoms with van der Waals surface area (Å²) in [5.74, 6) is 1.05. The monoisotopic (exact) mass is 336 g/mol. The molecule has 126 valence electrons. The molecule has 0 aromatic carbocycles. The van der Waals surface area contributed by atoms with Crippen LogP contribution >= 0.6 is 12.2 Å². The first-order valence-corrected chi connectivity index (χ1v) is 8.18. The molecule has 1 heterocycles. The first-order chi connectivity index (χ1) is 11.1.